The van der Waals surface area contributed by atoms with Crippen LogP contribution in [0.3, 0.4) is 0 Å². The Morgan fingerprint density at radius 2 is 1.95 bits per heavy atom. The summed E-state index contributed by atoms with van der Waals surface area (Å²) in [7, 11) is 0. The minimum absolute atomic E-state index is 0.119. The Morgan fingerprint density at radius 3 is 2.60 bits per heavy atom. The summed E-state index contributed by atoms with van der Waals surface area (Å²) < 4.78 is 0. The van der Waals surface area contributed by atoms with Crippen molar-refractivity contribution >= 4 is 34.5 Å². The summed E-state index contributed by atoms with van der Waals surface area (Å²) in [5.74, 6) is 0. The number of thiazole rings is 1. The minimum Gasteiger partial charge on any atom is -0.307 e. The van der Waals surface area contributed by atoms with Crippen LogP contribution in [0, 0.1) is 0 Å². The van der Waals surface area contributed by atoms with Gasteiger partial charge in [-0.1, -0.05) is 29.3 Å². The van der Waals surface area contributed by atoms with Crippen molar-refractivity contribution in [3.05, 3.63) is 49.9 Å². The molecule has 0 unspecified atom stereocenters. The van der Waals surface area contributed by atoms with Crippen LogP contribution in [0.4, 0.5) is 0 Å². The van der Waals surface area contributed by atoms with Crippen molar-refractivity contribution in [1.29, 1.82) is 0 Å². The van der Waals surface area contributed by atoms with Gasteiger partial charge in [-0.3, -0.25) is 0 Å². The van der Waals surface area contributed by atoms with E-state index in [4.69, 9.17) is 23.2 Å². The fraction of sp³-hybridized carbons (Fsp3) is 0.400. The molecule has 2 rings (SSSR count). The van der Waals surface area contributed by atoms with Gasteiger partial charge in [-0.25, -0.2) is 4.98 Å². The molecule has 108 valence electrons. The summed E-state index contributed by atoms with van der Waals surface area (Å²) in [6.07, 6.45) is 2.73. The molecule has 1 N–H and O–H groups in total. The molecular formula is C15H18Cl2N2S. The standard InChI is InChI=1S/C15H18Cl2N2S/c1-15(2,3)19-9-11-8-18-14(20-11)7-10-4-5-12(16)13(17)6-10/h4-6,8,19H,7,9H2,1-3H3. The van der Waals surface area contributed by atoms with Gasteiger partial charge in [-0.15, -0.1) is 11.3 Å². The van der Waals surface area contributed by atoms with Crippen molar-refractivity contribution in [2.75, 3.05) is 0 Å². The summed E-state index contributed by atoms with van der Waals surface area (Å²) in [4.78, 5) is 5.71. The molecule has 1 aromatic carbocycles. The first kappa shape index (κ1) is 15.8. The molecule has 1 aromatic heterocycles. The summed E-state index contributed by atoms with van der Waals surface area (Å²) in [6.45, 7) is 7.32. The number of aromatic nitrogens is 1. The maximum atomic E-state index is 6.03. The van der Waals surface area contributed by atoms with E-state index in [1.165, 1.54) is 4.88 Å². The number of rotatable bonds is 4. The van der Waals surface area contributed by atoms with Crippen LogP contribution in [0.2, 0.25) is 10.0 Å². The van der Waals surface area contributed by atoms with Crippen LogP contribution in [0.25, 0.3) is 0 Å². The van der Waals surface area contributed by atoms with Crippen LogP contribution in [-0.4, -0.2) is 10.5 Å². The van der Waals surface area contributed by atoms with Gasteiger partial charge in [0, 0.05) is 29.6 Å². The number of nitrogens with zero attached hydrogens (tertiary/aromatic N) is 1. The predicted molar refractivity (Wildman–Crippen MR) is 88.0 cm³/mol. The SMILES string of the molecule is CC(C)(C)NCc1cnc(Cc2ccc(Cl)c(Cl)c2)s1. The highest BCUT2D eigenvalue weighted by molar-refractivity contribution is 7.11. The molecule has 0 aliphatic carbocycles. The molecule has 0 saturated carbocycles. The highest BCUT2D eigenvalue weighted by Crippen LogP contribution is 2.25. The average molecular weight is 329 g/mol. The zero-order valence-electron chi connectivity index (χ0n) is 11.8. The highest BCUT2D eigenvalue weighted by Gasteiger charge is 2.10. The van der Waals surface area contributed by atoms with Crippen molar-refractivity contribution in [3.8, 4) is 0 Å². The number of halogens is 2. The second-order valence-corrected chi connectivity index (χ2v) is 7.76. The Hall–Kier alpha value is -0.610. The lowest BCUT2D eigenvalue weighted by Crippen LogP contribution is -2.34. The van der Waals surface area contributed by atoms with Crippen LogP contribution >= 0.6 is 34.5 Å². The normalized spacial score (nSPS) is 11.8. The average Bonchev–Trinajstić information content (AvgIpc) is 2.78. The van der Waals surface area contributed by atoms with Crippen molar-refractivity contribution in [1.82, 2.24) is 10.3 Å². The van der Waals surface area contributed by atoms with E-state index in [0.29, 0.717) is 10.0 Å². The van der Waals surface area contributed by atoms with Crippen LogP contribution in [0.15, 0.2) is 24.4 Å². The summed E-state index contributed by atoms with van der Waals surface area (Å²) in [6, 6.07) is 5.72. The minimum atomic E-state index is 0.119. The maximum absolute atomic E-state index is 6.03. The van der Waals surface area contributed by atoms with E-state index in [1.807, 2.05) is 24.4 Å². The molecule has 0 radical (unpaired) electrons. The van der Waals surface area contributed by atoms with Gasteiger partial charge in [0.15, 0.2) is 0 Å². The zero-order valence-corrected chi connectivity index (χ0v) is 14.2. The molecule has 2 nitrogen and oxygen atoms in total. The van der Waals surface area contributed by atoms with E-state index in [0.717, 1.165) is 23.5 Å². The Kier molecular flexibility index (Phi) is 5.08. The number of nitrogens with one attached hydrogen (secondary N) is 1. The second kappa shape index (κ2) is 6.44. The van der Waals surface area contributed by atoms with Gasteiger partial charge in [-0.2, -0.15) is 0 Å². The Morgan fingerprint density at radius 1 is 1.20 bits per heavy atom. The fourth-order valence-corrected chi connectivity index (χ4v) is 2.91. The largest absolute Gasteiger partial charge is 0.307 e. The molecule has 20 heavy (non-hydrogen) atoms. The van der Waals surface area contributed by atoms with E-state index < -0.39 is 0 Å². The van der Waals surface area contributed by atoms with Crippen molar-refractivity contribution in [3.63, 3.8) is 0 Å². The molecule has 0 amide bonds. The molecule has 0 saturated heterocycles. The van der Waals surface area contributed by atoms with Gasteiger partial charge in [-0.05, 0) is 38.5 Å². The number of benzene rings is 1. The molecular weight excluding hydrogens is 311 g/mol. The zero-order chi connectivity index (χ0) is 14.8. The van der Waals surface area contributed by atoms with Crippen LogP contribution in [0.1, 0.15) is 36.2 Å². The third kappa shape index (κ3) is 4.74. The first-order valence-electron chi connectivity index (χ1n) is 6.46. The van der Waals surface area contributed by atoms with Crippen LogP contribution < -0.4 is 5.32 Å². The summed E-state index contributed by atoms with van der Waals surface area (Å²) in [5.41, 5.74) is 1.25. The molecule has 0 fully saturated rings. The van der Waals surface area contributed by atoms with Gasteiger partial charge < -0.3 is 5.32 Å². The van der Waals surface area contributed by atoms with Crippen molar-refractivity contribution < 1.29 is 0 Å². The number of hydrogen-bond donors (Lipinski definition) is 1. The lowest BCUT2D eigenvalue weighted by molar-refractivity contribution is 0.426. The van der Waals surface area contributed by atoms with E-state index in [1.54, 1.807) is 11.3 Å². The molecule has 0 aliphatic heterocycles. The molecule has 1 heterocycles. The first-order valence-corrected chi connectivity index (χ1v) is 8.03. The van der Waals surface area contributed by atoms with Crippen LogP contribution in [-0.2, 0) is 13.0 Å². The lowest BCUT2D eigenvalue weighted by Gasteiger charge is -2.19. The Labute approximate surface area is 134 Å². The van der Waals surface area contributed by atoms with Gasteiger partial charge in [0.05, 0.1) is 15.1 Å². The fourth-order valence-electron chi connectivity index (χ4n) is 1.69. The van der Waals surface area contributed by atoms with Gasteiger partial charge >= 0.3 is 0 Å². The molecule has 0 atom stereocenters. The molecule has 0 spiro atoms. The summed E-state index contributed by atoms with van der Waals surface area (Å²) in [5, 5.41) is 5.74. The molecule has 0 aliphatic rings. The molecule has 2 aromatic rings. The maximum Gasteiger partial charge on any atom is 0.0972 e. The van der Waals surface area contributed by atoms with E-state index >= 15 is 0 Å². The van der Waals surface area contributed by atoms with Gasteiger partial charge in [0.1, 0.15) is 0 Å². The smallest absolute Gasteiger partial charge is 0.0972 e. The quantitative estimate of drug-likeness (QED) is 0.860. The number of hydrogen-bond acceptors (Lipinski definition) is 3. The second-order valence-electron chi connectivity index (χ2n) is 5.75. The summed E-state index contributed by atoms with van der Waals surface area (Å²) >= 11 is 13.7. The van der Waals surface area contributed by atoms with E-state index in [2.05, 4.69) is 31.1 Å². The third-order valence-electron chi connectivity index (χ3n) is 2.73. The van der Waals surface area contributed by atoms with Gasteiger partial charge in [0.25, 0.3) is 0 Å². The van der Waals surface area contributed by atoms with Crippen LogP contribution in [0.5, 0.6) is 0 Å². The Balaban J connectivity index is 2.00. The van der Waals surface area contributed by atoms with Gasteiger partial charge in [0.2, 0.25) is 0 Å². The van der Waals surface area contributed by atoms with Crippen molar-refractivity contribution in [2.24, 2.45) is 0 Å². The highest BCUT2D eigenvalue weighted by atomic mass is 35.5. The topological polar surface area (TPSA) is 24.9 Å². The predicted octanol–water partition coefficient (Wildman–Crippen LogP) is 4.93. The molecule has 5 heteroatoms. The van der Waals surface area contributed by atoms with E-state index in [9.17, 15) is 0 Å². The lowest BCUT2D eigenvalue weighted by atomic mass is 10.1. The van der Waals surface area contributed by atoms with Crippen molar-refractivity contribution in [2.45, 2.75) is 39.3 Å². The monoisotopic (exact) mass is 328 g/mol. The molecule has 0 bridgehead atoms. The Bertz CT molecular complexity index is 588. The first-order chi connectivity index (χ1) is 9.33. The third-order valence-corrected chi connectivity index (χ3v) is 4.47. The van der Waals surface area contributed by atoms with E-state index in [-0.39, 0.29) is 5.54 Å².